The lowest BCUT2D eigenvalue weighted by Gasteiger charge is -2.19. The molecule has 0 radical (unpaired) electrons. The molecule has 0 spiro atoms. The Labute approximate surface area is 127 Å². The van der Waals surface area contributed by atoms with Crippen LogP contribution >= 0.6 is 0 Å². The van der Waals surface area contributed by atoms with E-state index in [1.54, 1.807) is 30.3 Å². The lowest BCUT2D eigenvalue weighted by atomic mass is 9.92. The number of benzene rings is 1. The number of allylic oxidation sites excluding steroid dienone is 1. The third kappa shape index (κ3) is 3.35. The van der Waals surface area contributed by atoms with Crippen molar-refractivity contribution in [3.8, 4) is 12.1 Å². The van der Waals surface area contributed by atoms with Gasteiger partial charge in [-0.3, -0.25) is 10.2 Å². The standard InChI is InChI=1S/C15H12N6O/c1-2-10-7-14(22)20-21-15(10)11-3-5-12(6-4-11)18-19-13(8-16)9-17/h2-6,10,18H,1,7H2,(H,20,22). The van der Waals surface area contributed by atoms with Crippen molar-refractivity contribution in [2.75, 3.05) is 5.43 Å². The van der Waals surface area contributed by atoms with Crippen LogP contribution in [0.2, 0.25) is 0 Å². The van der Waals surface area contributed by atoms with Crippen molar-refractivity contribution in [2.24, 2.45) is 16.1 Å². The van der Waals surface area contributed by atoms with Gasteiger partial charge in [0.05, 0.1) is 11.4 Å². The molecule has 1 aromatic carbocycles. The molecule has 1 aliphatic heterocycles. The second-order valence-electron chi connectivity index (χ2n) is 4.45. The van der Waals surface area contributed by atoms with Crippen LogP contribution in [0.15, 0.2) is 47.1 Å². The number of nitrogens with zero attached hydrogens (tertiary/aromatic N) is 4. The summed E-state index contributed by atoms with van der Waals surface area (Å²) in [6.07, 6.45) is 2.01. The van der Waals surface area contributed by atoms with Gasteiger partial charge in [0.25, 0.3) is 0 Å². The first-order valence-corrected chi connectivity index (χ1v) is 6.41. The van der Waals surface area contributed by atoms with Crippen LogP contribution in [0.3, 0.4) is 0 Å². The fourth-order valence-corrected chi connectivity index (χ4v) is 1.93. The summed E-state index contributed by atoms with van der Waals surface area (Å²) in [5, 5.41) is 24.9. The number of hydrogen-bond donors (Lipinski definition) is 2. The number of hydrazone groups is 2. The highest BCUT2D eigenvalue weighted by molar-refractivity contribution is 6.10. The van der Waals surface area contributed by atoms with E-state index < -0.39 is 0 Å². The van der Waals surface area contributed by atoms with Gasteiger partial charge < -0.3 is 0 Å². The first-order valence-electron chi connectivity index (χ1n) is 6.41. The molecule has 22 heavy (non-hydrogen) atoms. The van der Waals surface area contributed by atoms with Crippen molar-refractivity contribution in [1.29, 1.82) is 10.5 Å². The fourth-order valence-electron chi connectivity index (χ4n) is 1.93. The molecule has 1 heterocycles. The molecule has 1 aliphatic rings. The molecular formula is C15H12N6O. The van der Waals surface area contributed by atoms with Gasteiger partial charge in [-0.2, -0.15) is 20.7 Å². The molecule has 1 amide bonds. The maximum Gasteiger partial charge on any atom is 0.241 e. The lowest BCUT2D eigenvalue weighted by Crippen LogP contribution is -2.32. The molecule has 1 unspecified atom stereocenters. The van der Waals surface area contributed by atoms with Crippen LogP contribution in [-0.2, 0) is 4.79 Å². The van der Waals surface area contributed by atoms with Gasteiger partial charge in [-0.25, -0.2) is 5.43 Å². The number of amides is 1. The van der Waals surface area contributed by atoms with Crippen molar-refractivity contribution in [3.63, 3.8) is 0 Å². The average Bonchev–Trinajstić information content (AvgIpc) is 2.56. The van der Waals surface area contributed by atoms with Gasteiger partial charge in [-0.1, -0.05) is 18.2 Å². The third-order valence-electron chi connectivity index (χ3n) is 3.03. The van der Waals surface area contributed by atoms with Gasteiger partial charge in [0.1, 0.15) is 12.1 Å². The molecule has 0 saturated heterocycles. The molecule has 0 aliphatic carbocycles. The minimum Gasteiger partial charge on any atom is -0.277 e. The Hall–Kier alpha value is -3.45. The number of carbonyl (C=O) groups is 1. The van der Waals surface area contributed by atoms with Gasteiger partial charge >= 0.3 is 0 Å². The smallest absolute Gasteiger partial charge is 0.241 e. The predicted molar refractivity (Wildman–Crippen MR) is 81.7 cm³/mol. The van der Waals surface area contributed by atoms with Gasteiger partial charge in [0.15, 0.2) is 0 Å². The molecule has 7 nitrogen and oxygen atoms in total. The fraction of sp³-hybridized carbons (Fsp3) is 0.133. The van der Waals surface area contributed by atoms with Crippen molar-refractivity contribution in [3.05, 3.63) is 42.5 Å². The zero-order chi connectivity index (χ0) is 15.9. The lowest BCUT2D eigenvalue weighted by molar-refractivity contribution is -0.121. The number of hydrogen-bond acceptors (Lipinski definition) is 6. The number of carbonyl (C=O) groups excluding carboxylic acids is 1. The molecule has 0 bridgehead atoms. The topological polar surface area (TPSA) is 113 Å². The molecule has 108 valence electrons. The number of anilines is 1. The molecule has 0 saturated carbocycles. The first-order chi connectivity index (χ1) is 10.7. The van der Waals surface area contributed by atoms with Crippen LogP contribution in [-0.4, -0.2) is 17.3 Å². The SMILES string of the molecule is C=CC1CC(=O)NN=C1c1ccc(NN=C(C#N)C#N)cc1. The number of rotatable bonds is 4. The molecular weight excluding hydrogens is 280 g/mol. The molecule has 0 fully saturated rings. The van der Waals surface area contributed by atoms with E-state index in [0.717, 1.165) is 11.3 Å². The van der Waals surface area contributed by atoms with Crippen LogP contribution in [0.25, 0.3) is 0 Å². The Bertz CT molecular complexity index is 717. The molecule has 2 rings (SSSR count). The zero-order valence-corrected chi connectivity index (χ0v) is 11.6. The molecule has 2 N–H and O–H groups in total. The van der Waals surface area contributed by atoms with Crippen LogP contribution in [0.1, 0.15) is 12.0 Å². The van der Waals surface area contributed by atoms with Crippen LogP contribution < -0.4 is 10.9 Å². The maximum atomic E-state index is 11.3. The van der Waals surface area contributed by atoms with Crippen molar-refractivity contribution < 1.29 is 4.79 Å². The van der Waals surface area contributed by atoms with E-state index in [2.05, 4.69) is 27.6 Å². The van der Waals surface area contributed by atoms with Crippen molar-refractivity contribution in [1.82, 2.24) is 5.43 Å². The van der Waals surface area contributed by atoms with Crippen molar-refractivity contribution >= 4 is 23.0 Å². The monoisotopic (exact) mass is 292 g/mol. The maximum absolute atomic E-state index is 11.3. The minimum atomic E-state index is -0.254. The number of nitrogens with one attached hydrogen (secondary N) is 2. The second-order valence-corrected chi connectivity index (χ2v) is 4.45. The predicted octanol–water partition coefficient (Wildman–Crippen LogP) is 1.53. The summed E-state index contributed by atoms with van der Waals surface area (Å²) in [6.45, 7) is 3.73. The molecule has 7 heteroatoms. The minimum absolute atomic E-state index is 0.130. The summed E-state index contributed by atoms with van der Waals surface area (Å²) in [5.74, 6) is -0.267. The van der Waals surface area contributed by atoms with Gasteiger partial charge in [0, 0.05) is 12.3 Å². The molecule has 1 atom stereocenters. The summed E-state index contributed by atoms with van der Waals surface area (Å²) in [7, 11) is 0. The largest absolute Gasteiger partial charge is 0.277 e. The van der Waals surface area contributed by atoms with Gasteiger partial charge in [0.2, 0.25) is 11.6 Å². The highest BCUT2D eigenvalue weighted by Crippen LogP contribution is 2.19. The van der Waals surface area contributed by atoms with Gasteiger partial charge in [-0.15, -0.1) is 6.58 Å². The molecule has 0 aromatic heterocycles. The van der Waals surface area contributed by atoms with E-state index in [9.17, 15) is 4.79 Å². The highest BCUT2D eigenvalue weighted by atomic mass is 16.2. The Kier molecular flexibility index (Phi) is 4.63. The normalized spacial score (nSPS) is 16.4. The summed E-state index contributed by atoms with van der Waals surface area (Å²) in [4.78, 5) is 11.3. The summed E-state index contributed by atoms with van der Waals surface area (Å²) >= 11 is 0. The Morgan fingerprint density at radius 1 is 1.41 bits per heavy atom. The summed E-state index contributed by atoms with van der Waals surface area (Å²) in [6, 6.07) is 10.4. The van der Waals surface area contributed by atoms with Crippen molar-refractivity contribution in [2.45, 2.75) is 6.42 Å². The highest BCUT2D eigenvalue weighted by Gasteiger charge is 2.22. The average molecular weight is 292 g/mol. The summed E-state index contributed by atoms with van der Waals surface area (Å²) < 4.78 is 0. The second kappa shape index (κ2) is 6.82. The van der Waals surface area contributed by atoms with Crippen LogP contribution in [0.4, 0.5) is 5.69 Å². The van der Waals surface area contributed by atoms with E-state index in [1.165, 1.54) is 0 Å². The Balaban J connectivity index is 2.17. The van der Waals surface area contributed by atoms with E-state index in [1.807, 2.05) is 12.1 Å². The first kappa shape index (κ1) is 14.9. The quantitative estimate of drug-likeness (QED) is 0.497. The van der Waals surface area contributed by atoms with Crippen LogP contribution in [0.5, 0.6) is 0 Å². The van der Waals surface area contributed by atoms with Gasteiger partial charge in [-0.05, 0) is 17.7 Å². The Morgan fingerprint density at radius 2 is 2.09 bits per heavy atom. The molecule has 1 aromatic rings. The number of nitriles is 2. The summed E-state index contributed by atoms with van der Waals surface area (Å²) in [5.41, 5.74) is 7.03. The van der Waals surface area contributed by atoms with E-state index >= 15 is 0 Å². The zero-order valence-electron chi connectivity index (χ0n) is 11.6. The third-order valence-corrected chi connectivity index (χ3v) is 3.03. The van der Waals surface area contributed by atoms with E-state index in [4.69, 9.17) is 10.5 Å². The van der Waals surface area contributed by atoms with Crippen LogP contribution in [0, 0.1) is 28.6 Å². The van der Waals surface area contributed by atoms with E-state index in [0.29, 0.717) is 12.1 Å². The Morgan fingerprint density at radius 3 is 2.68 bits per heavy atom. The van der Waals surface area contributed by atoms with E-state index in [-0.39, 0.29) is 17.5 Å².